The number of nitrogens with one attached hydrogen (secondary N) is 2. The van der Waals surface area contributed by atoms with Crippen LogP contribution < -0.4 is 0 Å². The summed E-state index contributed by atoms with van der Waals surface area (Å²) in [6.45, 7) is 6.76. The molecule has 0 aromatic carbocycles. The molecule has 0 saturated carbocycles. The topological polar surface area (TPSA) is 56.3 Å². The number of halogens is 1. The third-order valence-corrected chi connectivity index (χ3v) is 5.74. The quantitative estimate of drug-likeness (QED) is 0.636. The molecular formula is C22H25BrN4. The number of aromatic amines is 2. The summed E-state index contributed by atoms with van der Waals surface area (Å²) in [5.41, 5.74) is 7.05. The fourth-order valence-corrected chi connectivity index (χ4v) is 4.31. The average molecular weight is 425 g/mol. The molecule has 2 N–H and O–H groups in total. The molecule has 1 atom stereocenters. The summed E-state index contributed by atoms with van der Waals surface area (Å²) in [6, 6.07) is 8.75. The fraction of sp³-hybridized carbons (Fsp3) is 0.364. The van der Waals surface area contributed by atoms with Crippen LogP contribution in [0.5, 0.6) is 0 Å². The summed E-state index contributed by atoms with van der Waals surface area (Å²) >= 11 is 3.44. The van der Waals surface area contributed by atoms with Crippen molar-refractivity contribution in [3.05, 3.63) is 63.8 Å². The minimum absolute atomic E-state index is 0.244. The lowest BCUT2D eigenvalue weighted by molar-refractivity contribution is 0.320. The van der Waals surface area contributed by atoms with Crippen LogP contribution in [0.3, 0.4) is 0 Å². The Bertz CT molecular complexity index is 968. The van der Waals surface area contributed by atoms with Crippen molar-refractivity contribution in [3.63, 3.8) is 0 Å². The van der Waals surface area contributed by atoms with E-state index < -0.39 is 0 Å². The minimum atomic E-state index is 0.244. The molecule has 5 heteroatoms. The van der Waals surface area contributed by atoms with E-state index in [2.05, 4.69) is 83.1 Å². The van der Waals surface area contributed by atoms with Crippen LogP contribution in [0.2, 0.25) is 0 Å². The van der Waals surface area contributed by atoms with E-state index in [9.17, 15) is 0 Å². The van der Waals surface area contributed by atoms with Gasteiger partial charge in [-0.3, -0.25) is 9.98 Å². The van der Waals surface area contributed by atoms with Crippen molar-refractivity contribution in [2.75, 3.05) is 0 Å². The van der Waals surface area contributed by atoms with Crippen LogP contribution >= 0.6 is 15.9 Å². The first-order chi connectivity index (χ1) is 12.9. The van der Waals surface area contributed by atoms with Gasteiger partial charge in [0.15, 0.2) is 0 Å². The van der Waals surface area contributed by atoms with Crippen molar-refractivity contribution in [1.29, 1.82) is 0 Å². The van der Waals surface area contributed by atoms with Crippen molar-refractivity contribution in [1.82, 2.24) is 9.97 Å². The molecule has 0 spiro atoms. The van der Waals surface area contributed by atoms with Gasteiger partial charge in [-0.1, -0.05) is 13.8 Å². The van der Waals surface area contributed by atoms with Gasteiger partial charge in [0, 0.05) is 41.3 Å². The third kappa shape index (κ3) is 4.24. The van der Waals surface area contributed by atoms with Crippen LogP contribution in [-0.2, 0) is 12.8 Å². The Labute approximate surface area is 168 Å². The predicted molar refractivity (Wildman–Crippen MR) is 117 cm³/mol. The summed E-state index contributed by atoms with van der Waals surface area (Å²) in [7, 11) is 0. The van der Waals surface area contributed by atoms with E-state index >= 15 is 0 Å². The standard InChI is InChI=1S/C22H25BrN4/c1-14-13-22(2,3)20(24-14)12-19-7-6-16(26-19)10-15-4-5-17(25-15)11-18-8-9-21(23)27-18/h4-10,20,26-27H,11-13H2,1-3H3/b15-10+. The van der Waals surface area contributed by atoms with Gasteiger partial charge in [-0.05, 0) is 77.2 Å². The van der Waals surface area contributed by atoms with Gasteiger partial charge in [-0.15, -0.1) is 0 Å². The minimum Gasteiger partial charge on any atom is -0.359 e. The summed E-state index contributed by atoms with van der Waals surface area (Å²) in [5.74, 6) is 0. The van der Waals surface area contributed by atoms with Crippen molar-refractivity contribution >= 4 is 33.4 Å². The van der Waals surface area contributed by atoms with E-state index in [1.54, 1.807) is 0 Å². The molecule has 0 bridgehead atoms. The van der Waals surface area contributed by atoms with Gasteiger partial charge >= 0.3 is 0 Å². The number of allylic oxidation sites excluding steroid dienone is 2. The molecule has 27 heavy (non-hydrogen) atoms. The molecule has 1 unspecified atom stereocenters. The highest BCUT2D eigenvalue weighted by atomic mass is 79.9. The molecular weight excluding hydrogens is 400 g/mol. The summed E-state index contributed by atoms with van der Waals surface area (Å²) in [4.78, 5) is 16.4. The summed E-state index contributed by atoms with van der Waals surface area (Å²) in [6.07, 6.45) is 9.12. The highest BCUT2D eigenvalue weighted by Gasteiger charge is 2.34. The van der Waals surface area contributed by atoms with Crippen molar-refractivity contribution in [3.8, 4) is 0 Å². The largest absolute Gasteiger partial charge is 0.359 e. The average Bonchev–Trinajstić information content (AvgIpc) is 3.33. The third-order valence-electron chi connectivity index (χ3n) is 5.28. The number of H-pyrrole nitrogens is 2. The zero-order valence-electron chi connectivity index (χ0n) is 16.0. The molecule has 4 rings (SSSR count). The van der Waals surface area contributed by atoms with Gasteiger partial charge in [0.2, 0.25) is 0 Å². The van der Waals surface area contributed by atoms with E-state index in [1.807, 2.05) is 6.07 Å². The normalized spacial score (nSPS) is 22.5. The lowest BCUT2D eigenvalue weighted by atomic mass is 9.81. The molecule has 0 aliphatic carbocycles. The van der Waals surface area contributed by atoms with Gasteiger partial charge in [0.25, 0.3) is 0 Å². The highest BCUT2D eigenvalue weighted by molar-refractivity contribution is 9.10. The fourth-order valence-electron chi connectivity index (χ4n) is 3.93. The molecule has 0 amide bonds. The first-order valence-electron chi connectivity index (χ1n) is 9.39. The first-order valence-corrected chi connectivity index (χ1v) is 10.2. The monoisotopic (exact) mass is 424 g/mol. The van der Waals surface area contributed by atoms with E-state index in [4.69, 9.17) is 9.98 Å². The smallest absolute Gasteiger partial charge is 0.0822 e. The molecule has 0 saturated heterocycles. The number of aliphatic imine (C=N–C) groups is 2. The molecule has 140 valence electrons. The number of nitrogens with zero attached hydrogens (tertiary/aromatic N) is 2. The zero-order chi connectivity index (χ0) is 19.0. The zero-order valence-corrected chi connectivity index (χ0v) is 17.6. The van der Waals surface area contributed by atoms with Crippen LogP contribution in [0.1, 0.15) is 44.3 Å². The number of rotatable bonds is 5. The number of aromatic nitrogens is 2. The molecule has 2 aliphatic rings. The maximum Gasteiger partial charge on any atom is 0.0822 e. The second-order valence-electron chi connectivity index (χ2n) is 8.20. The Morgan fingerprint density at radius 3 is 2.67 bits per heavy atom. The van der Waals surface area contributed by atoms with Gasteiger partial charge in [0.05, 0.1) is 16.3 Å². The molecule has 2 aromatic heterocycles. The van der Waals surface area contributed by atoms with Crippen LogP contribution in [-0.4, -0.2) is 27.4 Å². The van der Waals surface area contributed by atoms with Crippen molar-refractivity contribution in [2.24, 2.45) is 15.4 Å². The van der Waals surface area contributed by atoms with Crippen molar-refractivity contribution < 1.29 is 0 Å². The Hall–Kier alpha value is -2.14. The van der Waals surface area contributed by atoms with Gasteiger partial charge < -0.3 is 9.97 Å². The van der Waals surface area contributed by atoms with Gasteiger partial charge in [-0.2, -0.15) is 0 Å². The first kappa shape index (κ1) is 18.2. The Morgan fingerprint density at radius 2 is 1.96 bits per heavy atom. The summed E-state index contributed by atoms with van der Waals surface area (Å²) < 4.78 is 1.000. The molecule has 4 heterocycles. The van der Waals surface area contributed by atoms with E-state index in [-0.39, 0.29) is 5.41 Å². The maximum absolute atomic E-state index is 4.84. The SMILES string of the molecule is CC1=NC(Cc2ccc(/C=C3\C=CC(Cc4ccc(Br)[nH]4)=N3)[nH]2)C(C)(C)C1. The lowest BCUT2D eigenvalue weighted by Gasteiger charge is -2.24. The Morgan fingerprint density at radius 1 is 1.15 bits per heavy atom. The second kappa shape index (κ2) is 7.12. The van der Waals surface area contributed by atoms with Gasteiger partial charge in [-0.25, -0.2) is 0 Å². The molecule has 2 aliphatic heterocycles. The van der Waals surface area contributed by atoms with Crippen LogP contribution in [0.25, 0.3) is 6.08 Å². The van der Waals surface area contributed by atoms with E-state index in [0.717, 1.165) is 46.7 Å². The molecule has 4 nitrogen and oxygen atoms in total. The van der Waals surface area contributed by atoms with Crippen LogP contribution in [0, 0.1) is 5.41 Å². The van der Waals surface area contributed by atoms with E-state index in [1.165, 1.54) is 11.4 Å². The van der Waals surface area contributed by atoms with Gasteiger partial charge in [0.1, 0.15) is 0 Å². The maximum atomic E-state index is 4.84. The van der Waals surface area contributed by atoms with E-state index in [0.29, 0.717) is 6.04 Å². The molecule has 2 aromatic rings. The second-order valence-corrected chi connectivity index (χ2v) is 9.06. The van der Waals surface area contributed by atoms with Crippen LogP contribution in [0.4, 0.5) is 0 Å². The van der Waals surface area contributed by atoms with Crippen molar-refractivity contribution in [2.45, 2.75) is 46.1 Å². The van der Waals surface area contributed by atoms with Crippen LogP contribution in [0.15, 0.2) is 56.7 Å². The number of hydrogen-bond donors (Lipinski definition) is 2. The Balaban J connectivity index is 1.43. The highest BCUT2D eigenvalue weighted by Crippen LogP contribution is 2.35. The Kier molecular flexibility index (Phi) is 4.81. The lowest BCUT2D eigenvalue weighted by Crippen LogP contribution is -2.25. The summed E-state index contributed by atoms with van der Waals surface area (Å²) in [5, 5.41) is 0. The molecule has 0 radical (unpaired) electrons. The predicted octanol–water partition coefficient (Wildman–Crippen LogP) is 5.50. The molecule has 0 fully saturated rings. The number of hydrogen-bond acceptors (Lipinski definition) is 2.